The van der Waals surface area contributed by atoms with E-state index >= 15 is 0 Å². The molecule has 0 aliphatic heterocycles. The summed E-state index contributed by atoms with van der Waals surface area (Å²) < 4.78 is 32.5. The van der Waals surface area contributed by atoms with Crippen LogP contribution in [0.5, 0.6) is 0 Å². The van der Waals surface area contributed by atoms with Crippen LogP contribution in [0.2, 0.25) is 0 Å². The minimum atomic E-state index is -1.09. The smallest absolute Gasteiger partial charge is 0.310 e. The minimum absolute atomic E-state index is 0.205. The third-order valence-corrected chi connectivity index (χ3v) is 7.45. The van der Waals surface area contributed by atoms with Gasteiger partial charge >= 0.3 is 5.97 Å². The Hall–Kier alpha value is -0.240. The summed E-state index contributed by atoms with van der Waals surface area (Å²) >= 11 is 0. The molecule has 0 rings (SSSR count). The highest BCUT2D eigenvalue weighted by Crippen LogP contribution is 2.31. The third kappa shape index (κ3) is 15.9. The van der Waals surface area contributed by atoms with E-state index in [1.807, 2.05) is 0 Å². The van der Waals surface area contributed by atoms with Crippen molar-refractivity contribution in [1.29, 1.82) is 0 Å². The molecule has 0 aromatic carbocycles. The number of unbranched alkanes of at least 4 members (excludes halogenated alkanes) is 10. The maximum Gasteiger partial charge on any atom is 0.310 e. The van der Waals surface area contributed by atoms with Crippen LogP contribution in [0.1, 0.15) is 130 Å². The molecule has 0 aromatic rings. The second kappa shape index (κ2) is 25.1. The first-order valence-corrected chi connectivity index (χ1v) is 14.6. The fourth-order valence-corrected chi connectivity index (χ4v) is 4.80. The average Bonchev–Trinajstić information content (AvgIpc) is 2.91. The zero-order chi connectivity index (χ0) is 27.7. The largest absolute Gasteiger partial charge is 0.373 e. The van der Waals surface area contributed by atoms with Crippen molar-refractivity contribution in [2.45, 2.75) is 148 Å². The van der Waals surface area contributed by atoms with E-state index in [2.05, 4.69) is 27.7 Å². The average molecular weight is 521 g/mol. The monoisotopic (exact) mass is 520 g/mol. The Labute approximate surface area is 225 Å². The van der Waals surface area contributed by atoms with Gasteiger partial charge in [-0.3, -0.25) is 0 Å². The number of ether oxygens (including phenoxy) is 6. The van der Waals surface area contributed by atoms with Crippen molar-refractivity contribution < 1.29 is 28.4 Å². The molecule has 0 spiro atoms. The zero-order valence-electron chi connectivity index (χ0n) is 25.9. The van der Waals surface area contributed by atoms with E-state index in [0.717, 1.165) is 12.8 Å². The molecule has 0 saturated heterocycles. The summed E-state index contributed by atoms with van der Waals surface area (Å²) in [5.74, 6) is -0.971. The maximum atomic E-state index is 5.58. The van der Waals surface area contributed by atoms with Crippen molar-refractivity contribution in [3.8, 4) is 0 Å². The van der Waals surface area contributed by atoms with E-state index in [1.54, 1.807) is 42.7 Å². The molecule has 0 amide bonds. The second-order valence-electron chi connectivity index (χ2n) is 9.96. The minimum Gasteiger partial charge on any atom is -0.373 e. The highest BCUT2D eigenvalue weighted by Gasteiger charge is 2.40. The molecule has 6 heteroatoms. The van der Waals surface area contributed by atoms with Gasteiger partial charge in [-0.25, -0.2) is 0 Å². The highest BCUT2D eigenvalue weighted by molar-refractivity contribution is 4.75. The highest BCUT2D eigenvalue weighted by atomic mass is 16.9. The Kier molecular flexibility index (Phi) is 26.4. The van der Waals surface area contributed by atoms with Gasteiger partial charge < -0.3 is 28.4 Å². The van der Waals surface area contributed by atoms with E-state index in [4.69, 9.17) is 28.4 Å². The van der Waals surface area contributed by atoms with Crippen LogP contribution in [0.25, 0.3) is 0 Å². The summed E-state index contributed by atoms with van der Waals surface area (Å²) in [6.07, 6.45) is 19.9. The van der Waals surface area contributed by atoms with E-state index in [0.29, 0.717) is 5.92 Å². The van der Waals surface area contributed by atoms with Gasteiger partial charge in [0.2, 0.25) is 0 Å². The Morgan fingerprint density at radius 2 is 0.889 bits per heavy atom. The van der Waals surface area contributed by atoms with Gasteiger partial charge in [-0.15, -0.1) is 0 Å². The molecule has 0 aliphatic carbocycles. The molecule has 0 bridgehead atoms. The molecule has 6 nitrogen and oxygen atoms in total. The van der Waals surface area contributed by atoms with Crippen LogP contribution >= 0.6 is 0 Å². The molecule has 0 heterocycles. The Morgan fingerprint density at radius 3 is 1.25 bits per heavy atom. The quantitative estimate of drug-likeness (QED) is 0.0939. The Morgan fingerprint density at radius 1 is 0.472 bits per heavy atom. The third-order valence-electron chi connectivity index (χ3n) is 7.45. The lowest BCUT2D eigenvalue weighted by atomic mass is 9.89. The molecule has 0 aromatic heterocycles. The molecule has 0 fully saturated rings. The number of rotatable bonds is 24. The van der Waals surface area contributed by atoms with E-state index < -0.39 is 11.8 Å². The standard InChI is InChI=1S/C16H34O2.C14H30O4/c1-6-8-9-10-11-12-14-15(13-7-2)16(3,17-4)18-5;1-6-7-8-9-10-11-12-13(15-2)14(16-3,17-4)18-5/h15H,6-14H2,1-5H3;13H,6-12H2,1-5H3. The van der Waals surface area contributed by atoms with Gasteiger partial charge in [-0.05, 0) is 26.2 Å². The van der Waals surface area contributed by atoms with E-state index in [-0.39, 0.29) is 6.10 Å². The Balaban J connectivity index is 0. The molecule has 0 N–H and O–H groups in total. The van der Waals surface area contributed by atoms with Crippen molar-refractivity contribution in [2.75, 3.05) is 42.7 Å². The van der Waals surface area contributed by atoms with Gasteiger partial charge in [0.1, 0.15) is 6.10 Å². The number of hydrogen-bond donors (Lipinski definition) is 0. The molecule has 2 unspecified atom stereocenters. The first-order chi connectivity index (χ1) is 17.3. The van der Waals surface area contributed by atoms with Crippen molar-refractivity contribution >= 4 is 0 Å². The number of methoxy groups -OCH3 is 6. The van der Waals surface area contributed by atoms with Crippen LogP contribution in [0, 0.1) is 5.92 Å². The Bertz CT molecular complexity index is 415. The molecular weight excluding hydrogens is 456 g/mol. The second-order valence-corrected chi connectivity index (χ2v) is 9.96. The molecule has 0 aliphatic rings. The lowest BCUT2D eigenvalue weighted by molar-refractivity contribution is -0.391. The summed E-state index contributed by atoms with van der Waals surface area (Å²) in [6, 6.07) is 0. The first kappa shape index (κ1) is 37.9. The summed E-state index contributed by atoms with van der Waals surface area (Å²) in [4.78, 5) is 0. The van der Waals surface area contributed by atoms with Crippen molar-refractivity contribution in [1.82, 2.24) is 0 Å². The molecule has 36 heavy (non-hydrogen) atoms. The predicted molar refractivity (Wildman–Crippen MR) is 151 cm³/mol. The van der Waals surface area contributed by atoms with Crippen molar-refractivity contribution in [3.05, 3.63) is 0 Å². The molecule has 0 radical (unpaired) electrons. The van der Waals surface area contributed by atoms with Gasteiger partial charge in [-0.2, -0.15) is 0 Å². The fraction of sp³-hybridized carbons (Fsp3) is 1.00. The van der Waals surface area contributed by atoms with E-state index in [9.17, 15) is 0 Å². The van der Waals surface area contributed by atoms with Gasteiger partial charge in [0.15, 0.2) is 5.79 Å². The van der Waals surface area contributed by atoms with Crippen LogP contribution in [0.4, 0.5) is 0 Å². The fourth-order valence-electron chi connectivity index (χ4n) is 4.80. The SMILES string of the molecule is CCCCCCCCC(CCC)C(C)(OC)OC.CCCCCCCCC(OC)C(OC)(OC)OC. The molecule has 220 valence electrons. The molecule has 2 atom stereocenters. The topological polar surface area (TPSA) is 55.4 Å². The van der Waals surface area contributed by atoms with Crippen LogP contribution in [-0.2, 0) is 28.4 Å². The summed E-state index contributed by atoms with van der Waals surface area (Å²) in [7, 11) is 9.88. The predicted octanol–water partition coefficient (Wildman–Crippen LogP) is 8.51. The van der Waals surface area contributed by atoms with Crippen molar-refractivity contribution in [2.24, 2.45) is 5.92 Å². The molecule has 0 saturated carbocycles. The van der Waals surface area contributed by atoms with Gasteiger partial charge in [0, 0.05) is 48.6 Å². The van der Waals surface area contributed by atoms with Gasteiger partial charge in [-0.1, -0.05) is 104 Å². The van der Waals surface area contributed by atoms with Crippen LogP contribution in [0.15, 0.2) is 0 Å². The summed E-state index contributed by atoms with van der Waals surface area (Å²) in [5.41, 5.74) is 0. The molecular formula is C30H64O6. The van der Waals surface area contributed by atoms with Gasteiger partial charge in [0.05, 0.1) is 0 Å². The van der Waals surface area contributed by atoms with Crippen LogP contribution < -0.4 is 0 Å². The maximum absolute atomic E-state index is 5.58. The van der Waals surface area contributed by atoms with E-state index in [1.165, 1.54) is 89.9 Å². The summed E-state index contributed by atoms with van der Waals surface area (Å²) in [5, 5.41) is 0. The lowest BCUT2D eigenvalue weighted by Crippen LogP contribution is -2.48. The first-order valence-electron chi connectivity index (χ1n) is 14.6. The normalized spacial score (nSPS) is 13.8. The summed E-state index contributed by atoms with van der Waals surface area (Å²) in [6.45, 7) is 8.80. The zero-order valence-corrected chi connectivity index (χ0v) is 25.9. The van der Waals surface area contributed by atoms with Crippen molar-refractivity contribution in [3.63, 3.8) is 0 Å². The lowest BCUT2D eigenvalue weighted by Gasteiger charge is -2.35. The number of hydrogen-bond acceptors (Lipinski definition) is 6. The van der Waals surface area contributed by atoms with Crippen LogP contribution in [-0.4, -0.2) is 60.5 Å². The van der Waals surface area contributed by atoms with Gasteiger partial charge in [0.25, 0.3) is 0 Å². The van der Waals surface area contributed by atoms with Crippen LogP contribution in [0.3, 0.4) is 0 Å².